The second-order valence-corrected chi connectivity index (χ2v) is 6.46. The highest BCUT2D eigenvalue weighted by Crippen LogP contribution is 2.33. The van der Waals surface area contributed by atoms with Gasteiger partial charge in [0, 0.05) is 17.2 Å². The molecule has 0 aromatic heterocycles. The molecule has 2 N–H and O–H groups in total. The molecule has 1 aliphatic rings. The fourth-order valence-electron chi connectivity index (χ4n) is 2.98. The highest BCUT2D eigenvalue weighted by Gasteiger charge is 2.32. The van der Waals surface area contributed by atoms with Gasteiger partial charge in [-0.3, -0.25) is 4.79 Å². The number of carbonyl (C=O) groups excluding carboxylic acids is 1. The Morgan fingerprint density at radius 2 is 1.75 bits per heavy atom. The Hall–Kier alpha value is -1.32. The number of carboxylic acids is 1. The van der Waals surface area contributed by atoms with Gasteiger partial charge in [-0.25, -0.2) is 4.79 Å². The average Bonchev–Trinajstić information content (AvgIpc) is 2.36. The van der Waals surface area contributed by atoms with Gasteiger partial charge < -0.3 is 10.4 Å². The van der Waals surface area contributed by atoms with Crippen LogP contribution in [0, 0.1) is 17.8 Å². The lowest BCUT2D eigenvalue weighted by atomic mass is 9.74. The number of nitrogens with one attached hydrogen (secondary N) is 1. The van der Waals surface area contributed by atoms with Crippen LogP contribution in [0.25, 0.3) is 0 Å². The van der Waals surface area contributed by atoms with E-state index in [9.17, 15) is 9.59 Å². The average molecular weight is 281 g/mol. The number of amides is 1. The van der Waals surface area contributed by atoms with Gasteiger partial charge in [0.1, 0.15) is 0 Å². The molecule has 4 nitrogen and oxygen atoms in total. The van der Waals surface area contributed by atoms with Crippen molar-refractivity contribution in [2.75, 3.05) is 0 Å². The Labute approximate surface area is 121 Å². The summed E-state index contributed by atoms with van der Waals surface area (Å²) in [4.78, 5) is 23.1. The molecule has 1 rings (SSSR count). The van der Waals surface area contributed by atoms with Gasteiger partial charge in [-0.05, 0) is 44.4 Å². The van der Waals surface area contributed by atoms with Gasteiger partial charge in [0.25, 0.3) is 0 Å². The standard InChI is InChI=1S/C16H27NO3/c1-9(2)13-7-6-10(3)8-14(13)17-15(18)11(4)12(5)16(19)20/h9-10,13-14H,6-8H2,1-5H3,(H,17,18)(H,19,20). The van der Waals surface area contributed by atoms with Gasteiger partial charge in [0.15, 0.2) is 0 Å². The Kier molecular flexibility index (Phi) is 5.78. The zero-order chi connectivity index (χ0) is 15.4. The van der Waals surface area contributed by atoms with Gasteiger partial charge in [0.2, 0.25) is 5.91 Å². The van der Waals surface area contributed by atoms with Crippen molar-refractivity contribution in [1.29, 1.82) is 0 Å². The van der Waals surface area contributed by atoms with E-state index in [1.54, 1.807) is 6.92 Å². The molecule has 3 unspecified atom stereocenters. The fourth-order valence-corrected chi connectivity index (χ4v) is 2.98. The third-order valence-electron chi connectivity index (χ3n) is 4.56. The molecule has 1 amide bonds. The Bertz CT molecular complexity index is 412. The maximum atomic E-state index is 12.2. The maximum absolute atomic E-state index is 12.2. The minimum absolute atomic E-state index is 0.118. The zero-order valence-electron chi connectivity index (χ0n) is 13.2. The van der Waals surface area contributed by atoms with E-state index < -0.39 is 5.97 Å². The number of aliphatic carboxylic acids is 1. The van der Waals surface area contributed by atoms with E-state index in [2.05, 4.69) is 26.1 Å². The van der Waals surface area contributed by atoms with Crippen molar-refractivity contribution >= 4 is 11.9 Å². The molecule has 4 heteroatoms. The molecule has 0 bridgehead atoms. The molecule has 0 heterocycles. The van der Waals surface area contributed by atoms with E-state index >= 15 is 0 Å². The number of hydrogen-bond donors (Lipinski definition) is 2. The molecule has 0 aromatic carbocycles. The lowest BCUT2D eigenvalue weighted by molar-refractivity contribution is -0.133. The highest BCUT2D eigenvalue weighted by atomic mass is 16.4. The second kappa shape index (κ2) is 6.91. The molecule has 1 fully saturated rings. The number of hydrogen-bond acceptors (Lipinski definition) is 2. The molecule has 20 heavy (non-hydrogen) atoms. The third kappa shape index (κ3) is 4.09. The topological polar surface area (TPSA) is 66.4 Å². The van der Waals surface area contributed by atoms with E-state index in [0.717, 1.165) is 12.8 Å². The van der Waals surface area contributed by atoms with E-state index in [1.165, 1.54) is 13.3 Å². The summed E-state index contributed by atoms with van der Waals surface area (Å²) in [5.41, 5.74) is 0.422. The molecular weight excluding hydrogens is 254 g/mol. The normalized spacial score (nSPS) is 28.0. The number of carbonyl (C=O) groups is 2. The maximum Gasteiger partial charge on any atom is 0.331 e. The smallest absolute Gasteiger partial charge is 0.331 e. The summed E-state index contributed by atoms with van der Waals surface area (Å²) in [6.07, 6.45) is 3.32. The highest BCUT2D eigenvalue weighted by molar-refractivity contribution is 6.01. The van der Waals surface area contributed by atoms with Gasteiger partial charge in [-0.15, -0.1) is 0 Å². The fraction of sp³-hybridized carbons (Fsp3) is 0.750. The van der Waals surface area contributed by atoms with Crippen LogP contribution in [0.1, 0.15) is 53.9 Å². The summed E-state index contributed by atoms with van der Waals surface area (Å²) in [5.74, 6) is 0.343. The lowest BCUT2D eigenvalue weighted by Gasteiger charge is -2.37. The van der Waals surface area contributed by atoms with Crippen molar-refractivity contribution in [2.45, 2.75) is 59.9 Å². The van der Waals surface area contributed by atoms with E-state index in [1.807, 2.05) is 0 Å². The van der Waals surface area contributed by atoms with Gasteiger partial charge in [-0.2, -0.15) is 0 Å². The summed E-state index contributed by atoms with van der Waals surface area (Å²) in [6.45, 7) is 9.63. The largest absolute Gasteiger partial charge is 0.478 e. The van der Waals surface area contributed by atoms with Gasteiger partial charge in [-0.1, -0.05) is 27.2 Å². The van der Waals surface area contributed by atoms with Crippen LogP contribution in [0.3, 0.4) is 0 Å². The van der Waals surface area contributed by atoms with Crippen LogP contribution in [-0.2, 0) is 9.59 Å². The Morgan fingerprint density at radius 1 is 1.15 bits per heavy atom. The predicted molar refractivity (Wildman–Crippen MR) is 79.3 cm³/mol. The molecule has 1 saturated carbocycles. The SMILES string of the molecule is CC(C(=O)O)=C(C)C(=O)NC1CC(C)CCC1C(C)C. The molecule has 0 radical (unpaired) electrons. The van der Waals surface area contributed by atoms with Crippen LogP contribution in [0.15, 0.2) is 11.1 Å². The zero-order valence-corrected chi connectivity index (χ0v) is 13.2. The van der Waals surface area contributed by atoms with Gasteiger partial charge >= 0.3 is 5.97 Å². The van der Waals surface area contributed by atoms with Crippen molar-refractivity contribution in [2.24, 2.45) is 17.8 Å². The van der Waals surface area contributed by atoms with Crippen LogP contribution in [0.4, 0.5) is 0 Å². The van der Waals surface area contributed by atoms with Crippen LogP contribution < -0.4 is 5.32 Å². The van der Waals surface area contributed by atoms with Crippen molar-refractivity contribution in [3.05, 3.63) is 11.1 Å². The first kappa shape index (κ1) is 16.7. The van der Waals surface area contributed by atoms with Crippen molar-refractivity contribution in [1.82, 2.24) is 5.32 Å². The van der Waals surface area contributed by atoms with Crippen molar-refractivity contribution in [3.63, 3.8) is 0 Å². The van der Waals surface area contributed by atoms with Crippen LogP contribution >= 0.6 is 0 Å². The van der Waals surface area contributed by atoms with Crippen LogP contribution in [0.2, 0.25) is 0 Å². The Balaban J connectivity index is 2.81. The van der Waals surface area contributed by atoms with E-state index in [-0.39, 0.29) is 17.5 Å². The lowest BCUT2D eigenvalue weighted by Crippen LogP contribution is -2.46. The molecule has 0 spiro atoms. The second-order valence-electron chi connectivity index (χ2n) is 6.46. The summed E-state index contributed by atoms with van der Waals surface area (Å²) >= 11 is 0. The molecule has 114 valence electrons. The molecule has 0 aliphatic heterocycles. The number of rotatable bonds is 4. The minimum Gasteiger partial charge on any atom is -0.478 e. The molecule has 1 aliphatic carbocycles. The first-order chi connectivity index (χ1) is 9.23. The monoisotopic (exact) mass is 281 g/mol. The van der Waals surface area contributed by atoms with E-state index in [0.29, 0.717) is 23.3 Å². The summed E-state index contributed by atoms with van der Waals surface area (Å²) in [7, 11) is 0. The molecule has 3 atom stereocenters. The van der Waals surface area contributed by atoms with Crippen LogP contribution in [0.5, 0.6) is 0 Å². The Morgan fingerprint density at radius 3 is 2.25 bits per heavy atom. The first-order valence-corrected chi connectivity index (χ1v) is 7.45. The van der Waals surface area contributed by atoms with Crippen molar-refractivity contribution < 1.29 is 14.7 Å². The minimum atomic E-state index is -1.03. The summed E-state index contributed by atoms with van der Waals surface area (Å²) in [5, 5.41) is 12.0. The summed E-state index contributed by atoms with van der Waals surface area (Å²) in [6, 6.07) is 0.155. The molecular formula is C16H27NO3. The third-order valence-corrected chi connectivity index (χ3v) is 4.56. The van der Waals surface area contributed by atoms with E-state index in [4.69, 9.17) is 5.11 Å². The van der Waals surface area contributed by atoms with Crippen molar-refractivity contribution in [3.8, 4) is 0 Å². The van der Waals surface area contributed by atoms with Crippen LogP contribution in [-0.4, -0.2) is 23.0 Å². The predicted octanol–water partition coefficient (Wildman–Crippen LogP) is 2.98. The number of carboxylic acid groups (broad SMARTS) is 1. The molecule has 0 saturated heterocycles. The quantitative estimate of drug-likeness (QED) is 0.778. The molecule has 0 aromatic rings. The first-order valence-electron chi connectivity index (χ1n) is 7.45. The van der Waals surface area contributed by atoms with Gasteiger partial charge in [0.05, 0.1) is 0 Å². The summed E-state index contributed by atoms with van der Waals surface area (Å²) < 4.78 is 0.